The molecular weight excluding hydrogens is 468 g/mol. The van der Waals surface area contributed by atoms with Crippen LogP contribution >= 0.6 is 12.8 Å². The molecule has 186 valence electrons. The van der Waals surface area contributed by atoms with Gasteiger partial charge in [-0.3, -0.25) is 9.62 Å². The van der Waals surface area contributed by atoms with E-state index in [0.717, 1.165) is 12.8 Å². The number of thiol groups is 1. The van der Waals surface area contributed by atoms with E-state index in [1.165, 1.54) is 23.6 Å². The van der Waals surface area contributed by atoms with Crippen molar-refractivity contribution >= 4 is 47.3 Å². The number of fused-ring (bicyclic) bond motifs is 1. The van der Waals surface area contributed by atoms with Gasteiger partial charge in [0.2, 0.25) is 5.75 Å². The maximum atomic E-state index is 12.6. The second-order valence-electron chi connectivity index (χ2n) is 8.35. The predicted octanol–water partition coefficient (Wildman–Crippen LogP) is 5.05. The fraction of sp³-hybridized carbons (Fsp3) is 0.417. The Bertz CT molecular complexity index is 1160. The number of pyridine rings is 1. The Morgan fingerprint density at radius 1 is 1.03 bits per heavy atom. The molecule has 1 aromatic carbocycles. The van der Waals surface area contributed by atoms with Crippen molar-refractivity contribution in [2.24, 2.45) is 5.92 Å². The number of benzene rings is 1. The Morgan fingerprint density at radius 3 is 2.37 bits per heavy atom. The number of methoxy groups -OCH3 is 3. The van der Waals surface area contributed by atoms with Crippen LogP contribution in [-0.2, 0) is 0 Å². The third-order valence-electron chi connectivity index (χ3n) is 5.97. The number of amides is 2. The number of nitrogens with one attached hydrogen (secondary N) is 2. The maximum Gasteiger partial charge on any atom is 0.332 e. The lowest BCUT2D eigenvalue weighted by Crippen LogP contribution is -2.32. The van der Waals surface area contributed by atoms with E-state index >= 15 is 0 Å². The number of urea groups is 1. The zero-order valence-electron chi connectivity index (χ0n) is 20.1. The van der Waals surface area contributed by atoms with Crippen molar-refractivity contribution in [2.45, 2.75) is 32.1 Å². The number of rotatable bonds is 8. The maximum absolute atomic E-state index is 12.6. The van der Waals surface area contributed by atoms with Gasteiger partial charge in [-0.15, -0.1) is 0 Å². The molecule has 0 atom stereocenters. The Kier molecular flexibility index (Phi) is 7.96. The Morgan fingerprint density at radius 2 is 1.71 bits per heavy atom. The van der Waals surface area contributed by atoms with Gasteiger partial charge in [0.1, 0.15) is 11.3 Å². The number of carbonyl (C=O) groups is 1. The molecule has 2 amide bonds. The topological polar surface area (TPSA) is 111 Å². The van der Waals surface area contributed by atoms with E-state index in [9.17, 15) is 4.79 Å². The summed E-state index contributed by atoms with van der Waals surface area (Å²) in [5.74, 6) is 2.85. The Balaban J connectivity index is 1.49. The van der Waals surface area contributed by atoms with Crippen molar-refractivity contribution in [3.05, 3.63) is 30.5 Å². The second-order valence-corrected chi connectivity index (χ2v) is 8.83. The van der Waals surface area contributed by atoms with E-state index in [1.807, 2.05) is 0 Å². The lowest BCUT2D eigenvalue weighted by atomic mass is 9.89. The summed E-state index contributed by atoms with van der Waals surface area (Å²) in [6.45, 7) is 0.616. The first kappa shape index (κ1) is 24.6. The number of ether oxygens (including phenoxy) is 3. The van der Waals surface area contributed by atoms with Crippen molar-refractivity contribution < 1.29 is 19.0 Å². The third-order valence-corrected chi connectivity index (χ3v) is 6.31. The summed E-state index contributed by atoms with van der Waals surface area (Å²) < 4.78 is 17.6. The molecule has 1 saturated carbocycles. The zero-order chi connectivity index (χ0) is 24.8. The number of anilines is 3. The van der Waals surface area contributed by atoms with Gasteiger partial charge >= 0.3 is 6.03 Å². The first-order valence-electron chi connectivity index (χ1n) is 11.5. The van der Waals surface area contributed by atoms with Gasteiger partial charge in [-0.2, -0.15) is 0 Å². The highest BCUT2D eigenvalue weighted by Gasteiger charge is 2.19. The first-order chi connectivity index (χ1) is 17.0. The van der Waals surface area contributed by atoms with Crippen LogP contribution in [0.3, 0.4) is 0 Å². The highest BCUT2D eigenvalue weighted by molar-refractivity contribution is 7.78. The van der Waals surface area contributed by atoms with Crippen molar-refractivity contribution in [3.63, 3.8) is 0 Å². The minimum atomic E-state index is -0.314. The number of hydrogen-bond donors (Lipinski definition) is 3. The third kappa shape index (κ3) is 5.97. The molecule has 2 N–H and O–H groups in total. The summed E-state index contributed by atoms with van der Waals surface area (Å²) in [6.07, 6.45) is 7.57. The average Bonchev–Trinajstić information content (AvgIpc) is 2.88. The highest BCUT2D eigenvalue weighted by Crippen LogP contribution is 2.40. The van der Waals surface area contributed by atoms with Crippen LogP contribution in [0.4, 0.5) is 22.1 Å². The van der Waals surface area contributed by atoms with Crippen molar-refractivity contribution in [1.82, 2.24) is 19.3 Å². The molecular formula is C24H30N6O4S. The van der Waals surface area contributed by atoms with Gasteiger partial charge in [0.05, 0.1) is 27.5 Å². The van der Waals surface area contributed by atoms with Crippen LogP contribution in [0, 0.1) is 5.92 Å². The van der Waals surface area contributed by atoms with Gasteiger partial charge in [-0.25, -0.2) is 19.7 Å². The van der Waals surface area contributed by atoms with Crippen molar-refractivity contribution in [2.75, 3.05) is 38.5 Å². The number of aromatic nitrogens is 3. The lowest BCUT2D eigenvalue weighted by molar-refractivity contribution is 0.228. The summed E-state index contributed by atoms with van der Waals surface area (Å²) in [7, 11) is 4.66. The Hall–Kier alpha value is -3.47. The largest absolute Gasteiger partial charge is 0.493 e. The van der Waals surface area contributed by atoms with E-state index in [1.54, 1.807) is 51.8 Å². The molecule has 4 rings (SSSR count). The molecule has 1 aliphatic carbocycles. The summed E-state index contributed by atoms with van der Waals surface area (Å²) in [4.78, 5) is 26.1. The lowest BCUT2D eigenvalue weighted by Gasteiger charge is -2.26. The molecule has 10 nitrogen and oxygen atoms in total. The molecule has 3 aromatic rings. The molecule has 1 fully saturated rings. The quantitative estimate of drug-likeness (QED) is 0.370. The molecule has 35 heavy (non-hydrogen) atoms. The molecule has 0 unspecified atom stereocenters. The average molecular weight is 499 g/mol. The van der Waals surface area contributed by atoms with Crippen molar-refractivity contribution in [3.8, 4) is 17.2 Å². The first-order valence-corrected chi connectivity index (χ1v) is 11.9. The van der Waals surface area contributed by atoms with Crippen LogP contribution in [0.25, 0.3) is 11.2 Å². The van der Waals surface area contributed by atoms with E-state index in [-0.39, 0.29) is 6.03 Å². The van der Waals surface area contributed by atoms with Crippen LogP contribution in [0.15, 0.2) is 30.5 Å². The van der Waals surface area contributed by atoms with Gasteiger partial charge in [-0.05, 0) is 30.9 Å². The summed E-state index contributed by atoms with van der Waals surface area (Å²) in [5, 5.41) is 5.98. The predicted molar refractivity (Wildman–Crippen MR) is 138 cm³/mol. The summed E-state index contributed by atoms with van der Waals surface area (Å²) >= 11 is 4.38. The molecule has 0 aliphatic heterocycles. The van der Waals surface area contributed by atoms with Crippen LogP contribution in [0.2, 0.25) is 0 Å². The summed E-state index contributed by atoms with van der Waals surface area (Å²) in [6, 6.07) is 6.68. The zero-order valence-corrected chi connectivity index (χ0v) is 21.0. The minimum Gasteiger partial charge on any atom is -0.493 e. The van der Waals surface area contributed by atoms with Gasteiger partial charge < -0.3 is 19.5 Å². The standard InChI is InChI=1S/C24H30N6O4S/c1-32-18-11-16(12-19(33-2)22(18)34-3)26-21-13-25-17-9-10-20(27-23(17)28-21)29-24(31)30(35)14-15-7-5-4-6-8-15/h9-13,15,35H,4-8,14H2,1-3H3,(H2,26,27,28,29,31). The Labute approximate surface area is 209 Å². The van der Waals surface area contributed by atoms with Crippen LogP contribution in [0.5, 0.6) is 17.2 Å². The molecule has 2 aromatic heterocycles. The highest BCUT2D eigenvalue weighted by atomic mass is 32.1. The minimum absolute atomic E-state index is 0.314. The van der Waals surface area contributed by atoms with Gasteiger partial charge in [0.25, 0.3) is 0 Å². The molecule has 1 aliphatic rings. The van der Waals surface area contributed by atoms with E-state index in [4.69, 9.17) is 14.2 Å². The normalized spacial score (nSPS) is 13.8. The summed E-state index contributed by atoms with van der Waals surface area (Å²) in [5.41, 5.74) is 1.66. The van der Waals surface area contributed by atoms with Gasteiger partial charge in [0, 0.05) is 24.4 Å². The van der Waals surface area contributed by atoms with Crippen LogP contribution in [0.1, 0.15) is 32.1 Å². The van der Waals surface area contributed by atoms with E-state index < -0.39 is 0 Å². The number of nitrogens with zero attached hydrogens (tertiary/aromatic N) is 4. The fourth-order valence-corrected chi connectivity index (χ4v) is 4.48. The second kappa shape index (κ2) is 11.3. The molecule has 2 heterocycles. The molecule has 0 spiro atoms. The van der Waals surface area contributed by atoms with Crippen LogP contribution < -0.4 is 24.8 Å². The molecule has 11 heteroatoms. The molecule has 0 saturated heterocycles. The molecule has 0 radical (unpaired) electrons. The van der Waals surface area contributed by atoms with Gasteiger partial charge in [0.15, 0.2) is 23.0 Å². The fourth-order valence-electron chi connectivity index (χ4n) is 4.20. The number of hydrogen-bond acceptors (Lipinski definition) is 9. The monoisotopic (exact) mass is 498 g/mol. The van der Waals surface area contributed by atoms with E-state index in [2.05, 4.69) is 38.4 Å². The van der Waals surface area contributed by atoms with Crippen LogP contribution in [-0.4, -0.2) is 53.2 Å². The smallest absolute Gasteiger partial charge is 0.332 e. The molecule has 0 bridgehead atoms. The van der Waals surface area contributed by atoms with E-state index in [0.29, 0.717) is 58.2 Å². The number of carbonyl (C=O) groups excluding carboxylic acids is 1. The van der Waals surface area contributed by atoms with Crippen molar-refractivity contribution in [1.29, 1.82) is 0 Å². The SMILES string of the molecule is COc1cc(Nc2cnc3ccc(NC(=O)N(S)CC4CCCCC4)nc3n2)cc(OC)c1OC. The van der Waals surface area contributed by atoms with Gasteiger partial charge in [-0.1, -0.05) is 32.1 Å².